The first-order chi connectivity index (χ1) is 12.5. The molecule has 0 aliphatic heterocycles. The van der Waals surface area contributed by atoms with Crippen molar-refractivity contribution in [1.82, 2.24) is 9.46 Å². The van der Waals surface area contributed by atoms with Gasteiger partial charge in [0.15, 0.2) is 5.82 Å². The van der Waals surface area contributed by atoms with E-state index in [-0.39, 0.29) is 18.3 Å². The summed E-state index contributed by atoms with van der Waals surface area (Å²) in [6.07, 6.45) is -3.46. The lowest BCUT2D eigenvalue weighted by Gasteiger charge is -2.23. The predicted molar refractivity (Wildman–Crippen MR) is 90.2 cm³/mol. The van der Waals surface area contributed by atoms with Crippen LogP contribution < -0.4 is 5.32 Å². The van der Waals surface area contributed by atoms with Crippen LogP contribution in [-0.2, 0) is 21.0 Å². The zero-order valence-corrected chi connectivity index (χ0v) is 15.3. The van der Waals surface area contributed by atoms with E-state index < -0.39 is 39.1 Å². The molecule has 11 heteroatoms. The van der Waals surface area contributed by atoms with Crippen LogP contribution in [0.3, 0.4) is 0 Å². The summed E-state index contributed by atoms with van der Waals surface area (Å²) in [5.41, 5.74) is -1.08. The highest BCUT2D eigenvalue weighted by molar-refractivity contribution is 7.89. The summed E-state index contributed by atoms with van der Waals surface area (Å²) in [7, 11) is -4.32. The Morgan fingerprint density at radius 2 is 2.00 bits per heavy atom. The van der Waals surface area contributed by atoms with Crippen LogP contribution in [0, 0.1) is 5.92 Å². The van der Waals surface area contributed by atoms with E-state index in [1.54, 1.807) is 13.8 Å². The summed E-state index contributed by atoms with van der Waals surface area (Å²) in [6.45, 7) is 2.82. The van der Waals surface area contributed by atoms with Gasteiger partial charge < -0.3 is 9.84 Å². The molecule has 0 unspecified atom stereocenters. The van der Waals surface area contributed by atoms with Crippen molar-refractivity contribution >= 4 is 21.7 Å². The molecule has 1 N–H and O–H groups in total. The highest BCUT2D eigenvalue weighted by atomic mass is 32.2. The second-order valence-electron chi connectivity index (χ2n) is 6.15. The number of nitrogens with zero attached hydrogens (tertiary/aromatic N) is 2. The maximum atomic E-state index is 12.9. The molecular formula is C16H18F3N3O4S. The molecule has 7 nitrogen and oxygen atoms in total. The van der Waals surface area contributed by atoms with E-state index in [0.29, 0.717) is 6.07 Å². The van der Waals surface area contributed by atoms with Gasteiger partial charge in [0, 0.05) is 12.6 Å². The molecule has 0 atom stereocenters. The third kappa shape index (κ3) is 5.54. The molecule has 148 valence electrons. The Balaban J connectivity index is 2.29. The minimum atomic E-state index is -4.68. The minimum absolute atomic E-state index is 0.0508. The number of carbonyl (C=O) groups is 1. The van der Waals surface area contributed by atoms with Crippen LogP contribution in [0.1, 0.15) is 19.4 Å². The molecule has 0 saturated carbocycles. The Bertz CT molecular complexity index is 881. The standard InChI is InChI=1S/C16H18F3N3O4S/c1-11(2)9-22(10-15(23)20-14-6-7-26-21-14)27(24,25)13-5-3-4-12(8-13)16(17,18)19/h3-8,11H,9-10H2,1-2H3,(H,20,21,23). The van der Waals surface area contributed by atoms with Crippen LogP contribution in [0.2, 0.25) is 0 Å². The highest BCUT2D eigenvalue weighted by Gasteiger charge is 2.33. The molecule has 0 saturated heterocycles. The Hall–Kier alpha value is -2.40. The molecule has 0 radical (unpaired) electrons. The van der Waals surface area contributed by atoms with Gasteiger partial charge in [-0.15, -0.1) is 0 Å². The molecule has 1 aromatic heterocycles. The van der Waals surface area contributed by atoms with Gasteiger partial charge in [-0.2, -0.15) is 17.5 Å². The second kappa shape index (κ2) is 8.09. The zero-order chi connectivity index (χ0) is 20.2. The van der Waals surface area contributed by atoms with Gasteiger partial charge in [0.2, 0.25) is 15.9 Å². The summed E-state index contributed by atoms with van der Waals surface area (Å²) in [6, 6.07) is 4.78. The summed E-state index contributed by atoms with van der Waals surface area (Å²) >= 11 is 0. The van der Waals surface area contributed by atoms with Gasteiger partial charge in [-0.1, -0.05) is 25.1 Å². The minimum Gasteiger partial charge on any atom is -0.363 e. The molecule has 1 amide bonds. The number of alkyl halides is 3. The van der Waals surface area contributed by atoms with Crippen molar-refractivity contribution in [2.24, 2.45) is 5.92 Å². The van der Waals surface area contributed by atoms with Crippen LogP contribution in [0.15, 0.2) is 46.0 Å². The molecule has 0 fully saturated rings. The molecular weight excluding hydrogens is 387 g/mol. The van der Waals surface area contributed by atoms with Crippen LogP contribution >= 0.6 is 0 Å². The van der Waals surface area contributed by atoms with E-state index in [1.807, 2.05) is 0 Å². The number of rotatable bonds is 7. The smallest absolute Gasteiger partial charge is 0.363 e. The Labute approximate surface area is 154 Å². The Kier molecular flexibility index (Phi) is 6.26. The lowest BCUT2D eigenvalue weighted by molar-refractivity contribution is -0.137. The molecule has 2 aromatic rings. The molecule has 1 heterocycles. The van der Waals surface area contributed by atoms with Gasteiger partial charge in [-0.25, -0.2) is 8.42 Å². The first-order valence-electron chi connectivity index (χ1n) is 7.88. The molecule has 0 aliphatic rings. The zero-order valence-electron chi connectivity index (χ0n) is 14.5. The van der Waals surface area contributed by atoms with Gasteiger partial charge in [0.1, 0.15) is 6.26 Å². The quantitative estimate of drug-likeness (QED) is 0.765. The van der Waals surface area contributed by atoms with Crippen molar-refractivity contribution in [3.05, 3.63) is 42.2 Å². The van der Waals surface area contributed by atoms with Crippen LogP contribution in [0.5, 0.6) is 0 Å². The molecule has 0 bridgehead atoms. The number of anilines is 1. The first kappa shape index (κ1) is 20.9. The lowest BCUT2D eigenvalue weighted by Crippen LogP contribution is -2.40. The largest absolute Gasteiger partial charge is 0.416 e. The van der Waals surface area contributed by atoms with Gasteiger partial charge in [0.25, 0.3) is 0 Å². The highest BCUT2D eigenvalue weighted by Crippen LogP contribution is 2.31. The molecule has 0 spiro atoms. The van der Waals surface area contributed by atoms with Crippen LogP contribution in [-0.4, -0.2) is 36.9 Å². The fourth-order valence-corrected chi connectivity index (χ4v) is 3.86. The predicted octanol–water partition coefficient (Wildman–Crippen LogP) is 2.98. The summed E-state index contributed by atoms with van der Waals surface area (Å²) < 4.78 is 69.8. The number of aromatic nitrogens is 1. The maximum Gasteiger partial charge on any atom is 0.416 e. The number of benzene rings is 1. The number of sulfonamides is 1. The number of nitrogens with one attached hydrogen (secondary N) is 1. The van der Waals surface area contributed by atoms with Crippen LogP contribution in [0.4, 0.5) is 19.0 Å². The topological polar surface area (TPSA) is 92.5 Å². The van der Waals surface area contributed by atoms with Gasteiger partial charge >= 0.3 is 6.18 Å². The van der Waals surface area contributed by atoms with Gasteiger partial charge in [0.05, 0.1) is 17.0 Å². The third-order valence-corrected chi connectivity index (χ3v) is 5.20. The SMILES string of the molecule is CC(C)CN(CC(=O)Nc1ccon1)S(=O)(=O)c1cccc(C(F)(F)F)c1. The third-order valence-electron chi connectivity index (χ3n) is 3.39. The fraction of sp³-hybridized carbons (Fsp3) is 0.375. The van der Waals surface area contributed by atoms with E-state index in [9.17, 15) is 26.4 Å². The van der Waals surface area contributed by atoms with Crippen molar-refractivity contribution in [3.63, 3.8) is 0 Å². The number of halogens is 3. The molecule has 27 heavy (non-hydrogen) atoms. The molecule has 2 rings (SSSR count). The summed E-state index contributed by atoms with van der Waals surface area (Å²) in [4.78, 5) is 11.6. The number of amides is 1. The van der Waals surface area contributed by atoms with Crippen LogP contribution in [0.25, 0.3) is 0 Å². The van der Waals surface area contributed by atoms with Gasteiger partial charge in [-0.3, -0.25) is 4.79 Å². The molecule has 0 aliphatic carbocycles. The number of hydrogen-bond donors (Lipinski definition) is 1. The monoisotopic (exact) mass is 405 g/mol. The van der Waals surface area contributed by atoms with E-state index in [0.717, 1.165) is 22.5 Å². The first-order valence-corrected chi connectivity index (χ1v) is 9.32. The van der Waals surface area contributed by atoms with E-state index in [1.165, 1.54) is 12.3 Å². The second-order valence-corrected chi connectivity index (χ2v) is 8.09. The number of carbonyl (C=O) groups excluding carboxylic acids is 1. The summed E-state index contributed by atoms with van der Waals surface area (Å²) in [5, 5.41) is 5.84. The summed E-state index contributed by atoms with van der Waals surface area (Å²) in [5.74, 6) is -0.758. The molecule has 1 aromatic carbocycles. The van der Waals surface area contributed by atoms with Crippen molar-refractivity contribution in [3.8, 4) is 0 Å². The average molecular weight is 405 g/mol. The fourth-order valence-electron chi connectivity index (χ4n) is 2.26. The Morgan fingerprint density at radius 3 is 2.56 bits per heavy atom. The van der Waals surface area contributed by atoms with Crippen molar-refractivity contribution in [2.75, 3.05) is 18.4 Å². The van der Waals surface area contributed by atoms with E-state index in [2.05, 4.69) is 15.0 Å². The van der Waals surface area contributed by atoms with Crippen molar-refractivity contribution in [2.45, 2.75) is 24.9 Å². The van der Waals surface area contributed by atoms with E-state index >= 15 is 0 Å². The van der Waals surface area contributed by atoms with Gasteiger partial charge in [-0.05, 0) is 24.1 Å². The number of hydrogen-bond acceptors (Lipinski definition) is 5. The maximum absolute atomic E-state index is 12.9. The lowest BCUT2D eigenvalue weighted by atomic mass is 10.2. The van der Waals surface area contributed by atoms with E-state index in [4.69, 9.17) is 0 Å². The normalized spacial score (nSPS) is 12.6. The Morgan fingerprint density at radius 1 is 1.30 bits per heavy atom. The van der Waals surface area contributed by atoms with Crippen molar-refractivity contribution in [1.29, 1.82) is 0 Å². The average Bonchev–Trinajstić information content (AvgIpc) is 3.06. The van der Waals surface area contributed by atoms with Crippen molar-refractivity contribution < 1.29 is 30.9 Å².